The van der Waals surface area contributed by atoms with Crippen molar-refractivity contribution in [3.8, 4) is 0 Å². The molecular weight excluding hydrogens is 332 g/mol. The second-order valence-electron chi connectivity index (χ2n) is 5.75. The Kier molecular flexibility index (Phi) is 5.65. The van der Waals surface area contributed by atoms with Gasteiger partial charge in [0.2, 0.25) is 5.91 Å². The third kappa shape index (κ3) is 4.45. The fraction of sp³-hybridized carbons (Fsp3) is 0.562. The summed E-state index contributed by atoms with van der Waals surface area (Å²) in [5.74, 6) is 0.625. The smallest absolute Gasteiger partial charge is 0.216 e. The molecule has 21 heavy (non-hydrogen) atoms. The summed E-state index contributed by atoms with van der Waals surface area (Å²) in [4.78, 5) is 13.3. The predicted octanol–water partition coefficient (Wildman–Crippen LogP) is 2.85. The van der Waals surface area contributed by atoms with Crippen LogP contribution in [0.4, 0.5) is 5.69 Å². The second kappa shape index (κ2) is 7.27. The molecule has 0 aliphatic carbocycles. The van der Waals surface area contributed by atoms with Gasteiger partial charge >= 0.3 is 0 Å². The molecule has 1 fully saturated rings. The standard InChI is InChI=1S/C16H23BrN2O2/c1-11(20)15-4-3-14(9-16(15)17)19-7-5-13(6-8-19)10-18-12(2)21/h3-4,9,11,13,20H,5-8,10H2,1-2H3,(H,18,21). The Balaban J connectivity index is 1.93. The van der Waals surface area contributed by atoms with E-state index in [-0.39, 0.29) is 5.91 Å². The van der Waals surface area contributed by atoms with Gasteiger partial charge in [0.25, 0.3) is 0 Å². The summed E-state index contributed by atoms with van der Waals surface area (Å²) in [7, 11) is 0. The molecule has 1 atom stereocenters. The number of hydrogen-bond donors (Lipinski definition) is 2. The van der Waals surface area contributed by atoms with Crippen molar-refractivity contribution in [1.29, 1.82) is 0 Å². The fourth-order valence-electron chi connectivity index (χ4n) is 2.73. The van der Waals surface area contributed by atoms with Gasteiger partial charge in [0, 0.05) is 36.7 Å². The number of aliphatic hydroxyl groups is 1. The number of benzene rings is 1. The van der Waals surface area contributed by atoms with Gasteiger partial charge in [-0.15, -0.1) is 0 Å². The molecular formula is C16H23BrN2O2. The first-order valence-electron chi connectivity index (χ1n) is 7.44. The van der Waals surface area contributed by atoms with E-state index in [4.69, 9.17) is 0 Å². The maximum Gasteiger partial charge on any atom is 0.216 e. The lowest BCUT2D eigenvalue weighted by molar-refractivity contribution is -0.119. The number of anilines is 1. The monoisotopic (exact) mass is 354 g/mol. The van der Waals surface area contributed by atoms with Gasteiger partial charge in [-0.3, -0.25) is 4.79 Å². The lowest BCUT2D eigenvalue weighted by atomic mass is 9.96. The molecule has 1 aliphatic heterocycles. The van der Waals surface area contributed by atoms with Crippen LogP contribution in [0.25, 0.3) is 0 Å². The third-order valence-electron chi connectivity index (χ3n) is 4.05. The molecule has 1 unspecified atom stereocenters. The van der Waals surface area contributed by atoms with E-state index in [0.29, 0.717) is 5.92 Å². The van der Waals surface area contributed by atoms with Crippen LogP contribution in [0.2, 0.25) is 0 Å². The number of hydrogen-bond acceptors (Lipinski definition) is 3. The summed E-state index contributed by atoms with van der Waals surface area (Å²) in [6, 6.07) is 6.13. The highest BCUT2D eigenvalue weighted by Gasteiger charge is 2.20. The van der Waals surface area contributed by atoms with Crippen LogP contribution in [0.5, 0.6) is 0 Å². The second-order valence-corrected chi connectivity index (χ2v) is 6.60. The van der Waals surface area contributed by atoms with Crippen molar-refractivity contribution in [1.82, 2.24) is 5.32 Å². The molecule has 2 rings (SSSR count). The molecule has 1 amide bonds. The Bertz CT molecular complexity index is 497. The van der Waals surface area contributed by atoms with Crippen molar-refractivity contribution < 1.29 is 9.90 Å². The van der Waals surface area contributed by atoms with Crippen molar-refractivity contribution in [3.05, 3.63) is 28.2 Å². The summed E-state index contributed by atoms with van der Waals surface area (Å²) in [5, 5.41) is 12.6. The van der Waals surface area contributed by atoms with Gasteiger partial charge in [0.05, 0.1) is 6.10 Å². The van der Waals surface area contributed by atoms with Crippen LogP contribution in [0, 0.1) is 5.92 Å². The van der Waals surface area contributed by atoms with Gasteiger partial charge in [0.15, 0.2) is 0 Å². The molecule has 1 aromatic carbocycles. The summed E-state index contributed by atoms with van der Waals surface area (Å²) < 4.78 is 0.954. The molecule has 2 N–H and O–H groups in total. The Morgan fingerprint density at radius 2 is 2.14 bits per heavy atom. The maximum atomic E-state index is 10.9. The highest BCUT2D eigenvalue weighted by molar-refractivity contribution is 9.10. The van der Waals surface area contributed by atoms with E-state index >= 15 is 0 Å². The first-order valence-corrected chi connectivity index (χ1v) is 8.23. The van der Waals surface area contributed by atoms with Gasteiger partial charge in [-0.2, -0.15) is 0 Å². The van der Waals surface area contributed by atoms with Crippen molar-refractivity contribution in [2.75, 3.05) is 24.5 Å². The molecule has 0 radical (unpaired) electrons. The molecule has 0 aromatic heterocycles. The summed E-state index contributed by atoms with van der Waals surface area (Å²) in [6.07, 6.45) is 1.73. The third-order valence-corrected chi connectivity index (χ3v) is 4.74. The Labute approximate surface area is 134 Å². The van der Waals surface area contributed by atoms with Gasteiger partial charge in [-0.05, 0) is 43.4 Å². The van der Waals surface area contributed by atoms with Crippen molar-refractivity contribution in [3.63, 3.8) is 0 Å². The average molecular weight is 355 g/mol. The lowest BCUT2D eigenvalue weighted by Gasteiger charge is -2.34. The first kappa shape index (κ1) is 16.3. The predicted molar refractivity (Wildman–Crippen MR) is 88.4 cm³/mol. The number of nitrogens with one attached hydrogen (secondary N) is 1. The van der Waals surface area contributed by atoms with Crippen LogP contribution in [0.3, 0.4) is 0 Å². The molecule has 1 aliphatic rings. The molecule has 1 saturated heterocycles. The van der Waals surface area contributed by atoms with E-state index < -0.39 is 6.10 Å². The number of nitrogens with zero attached hydrogens (tertiary/aromatic N) is 1. The minimum atomic E-state index is -0.461. The number of aliphatic hydroxyl groups excluding tert-OH is 1. The molecule has 1 heterocycles. The number of carbonyl (C=O) groups is 1. The molecule has 5 heteroatoms. The summed E-state index contributed by atoms with van der Waals surface area (Å²) >= 11 is 3.53. The summed E-state index contributed by atoms with van der Waals surface area (Å²) in [6.45, 7) is 6.13. The average Bonchev–Trinajstić information content (AvgIpc) is 2.45. The largest absolute Gasteiger partial charge is 0.389 e. The number of halogens is 1. The van der Waals surface area contributed by atoms with Crippen molar-refractivity contribution in [2.45, 2.75) is 32.8 Å². The zero-order valence-electron chi connectivity index (χ0n) is 12.6. The van der Waals surface area contributed by atoms with E-state index in [0.717, 1.165) is 42.5 Å². The molecule has 0 saturated carbocycles. The molecule has 0 bridgehead atoms. The number of amides is 1. The molecule has 4 nitrogen and oxygen atoms in total. The van der Waals surface area contributed by atoms with Crippen LogP contribution in [-0.2, 0) is 4.79 Å². The van der Waals surface area contributed by atoms with E-state index in [2.05, 4.69) is 38.3 Å². The Hall–Kier alpha value is -1.07. The first-order chi connectivity index (χ1) is 9.97. The molecule has 116 valence electrons. The number of carbonyl (C=O) groups excluding carboxylic acids is 1. The van der Waals surface area contributed by atoms with Crippen LogP contribution in [-0.4, -0.2) is 30.6 Å². The minimum Gasteiger partial charge on any atom is -0.389 e. The topological polar surface area (TPSA) is 52.6 Å². The Morgan fingerprint density at radius 3 is 2.67 bits per heavy atom. The fourth-order valence-corrected chi connectivity index (χ4v) is 3.43. The van der Waals surface area contributed by atoms with Crippen LogP contribution in [0.15, 0.2) is 22.7 Å². The summed E-state index contributed by atoms with van der Waals surface area (Å²) in [5.41, 5.74) is 2.10. The molecule has 0 spiro atoms. The molecule has 1 aromatic rings. The number of piperidine rings is 1. The Morgan fingerprint density at radius 1 is 1.48 bits per heavy atom. The van der Waals surface area contributed by atoms with Gasteiger partial charge in [0.1, 0.15) is 0 Å². The van der Waals surface area contributed by atoms with Crippen molar-refractivity contribution in [2.24, 2.45) is 5.92 Å². The lowest BCUT2D eigenvalue weighted by Crippen LogP contribution is -2.38. The van der Waals surface area contributed by atoms with Gasteiger partial charge in [-0.25, -0.2) is 0 Å². The quantitative estimate of drug-likeness (QED) is 0.873. The normalized spacial score (nSPS) is 17.6. The van der Waals surface area contributed by atoms with Crippen LogP contribution < -0.4 is 10.2 Å². The van der Waals surface area contributed by atoms with E-state index in [1.165, 1.54) is 5.69 Å². The zero-order valence-corrected chi connectivity index (χ0v) is 14.2. The highest BCUT2D eigenvalue weighted by atomic mass is 79.9. The van der Waals surface area contributed by atoms with Crippen LogP contribution in [0.1, 0.15) is 38.4 Å². The highest BCUT2D eigenvalue weighted by Crippen LogP contribution is 2.30. The maximum absolute atomic E-state index is 10.9. The van der Waals surface area contributed by atoms with E-state index in [1.54, 1.807) is 13.8 Å². The SMILES string of the molecule is CC(=O)NCC1CCN(c2ccc(C(C)O)c(Br)c2)CC1. The van der Waals surface area contributed by atoms with Crippen molar-refractivity contribution >= 4 is 27.5 Å². The van der Waals surface area contributed by atoms with E-state index in [9.17, 15) is 9.90 Å². The van der Waals surface area contributed by atoms with Gasteiger partial charge < -0.3 is 15.3 Å². The van der Waals surface area contributed by atoms with Gasteiger partial charge in [-0.1, -0.05) is 22.0 Å². The minimum absolute atomic E-state index is 0.0510. The van der Waals surface area contributed by atoms with E-state index in [1.807, 2.05) is 6.07 Å². The number of rotatable bonds is 4. The van der Waals surface area contributed by atoms with Crippen LogP contribution >= 0.6 is 15.9 Å². The zero-order chi connectivity index (χ0) is 15.4.